The maximum atomic E-state index is 11.0. The van der Waals surface area contributed by atoms with Crippen LogP contribution in [0, 0.1) is 0 Å². The standard InChI is InChI=1S/C10H10ClN3O2/c11-6-2-4-14-7(5-6)9(10(15)16)13-8(14)1-3-12/h2,4-5H,1,3,12H2,(H,15,16). The molecule has 0 bridgehead atoms. The lowest BCUT2D eigenvalue weighted by atomic mass is 10.3. The summed E-state index contributed by atoms with van der Waals surface area (Å²) in [4.78, 5) is 15.0. The molecule has 2 heterocycles. The van der Waals surface area contributed by atoms with Crippen LogP contribution in [0.4, 0.5) is 0 Å². The van der Waals surface area contributed by atoms with Crippen molar-refractivity contribution in [2.45, 2.75) is 6.42 Å². The Kier molecular flexibility index (Phi) is 2.80. The van der Waals surface area contributed by atoms with Gasteiger partial charge in [0, 0.05) is 17.6 Å². The Hall–Kier alpha value is -1.59. The fraction of sp³-hybridized carbons (Fsp3) is 0.200. The first kappa shape index (κ1) is 10.9. The van der Waals surface area contributed by atoms with Gasteiger partial charge in [0.15, 0.2) is 5.69 Å². The van der Waals surface area contributed by atoms with Gasteiger partial charge in [0.05, 0.1) is 5.52 Å². The van der Waals surface area contributed by atoms with Gasteiger partial charge >= 0.3 is 5.97 Å². The molecule has 2 aromatic rings. The number of hydrogen-bond acceptors (Lipinski definition) is 3. The zero-order valence-electron chi connectivity index (χ0n) is 8.35. The fourth-order valence-electron chi connectivity index (χ4n) is 1.58. The van der Waals surface area contributed by atoms with Crippen LogP contribution >= 0.6 is 11.6 Å². The predicted molar refractivity (Wildman–Crippen MR) is 59.9 cm³/mol. The number of carboxylic acids is 1. The molecule has 2 aromatic heterocycles. The Balaban J connectivity index is 2.71. The number of nitrogens with zero attached hydrogens (tertiary/aromatic N) is 2. The van der Waals surface area contributed by atoms with Crippen LogP contribution in [0.15, 0.2) is 18.3 Å². The highest BCUT2D eigenvalue weighted by molar-refractivity contribution is 6.31. The van der Waals surface area contributed by atoms with E-state index >= 15 is 0 Å². The molecule has 0 unspecified atom stereocenters. The molecule has 5 nitrogen and oxygen atoms in total. The maximum absolute atomic E-state index is 11.0. The lowest BCUT2D eigenvalue weighted by molar-refractivity contribution is 0.0693. The second kappa shape index (κ2) is 4.11. The van der Waals surface area contributed by atoms with E-state index in [1.165, 1.54) is 0 Å². The van der Waals surface area contributed by atoms with Gasteiger partial charge in [-0.1, -0.05) is 11.6 Å². The Morgan fingerprint density at radius 2 is 2.38 bits per heavy atom. The molecule has 0 amide bonds. The second-order valence-electron chi connectivity index (χ2n) is 3.32. The van der Waals surface area contributed by atoms with Crippen molar-refractivity contribution in [1.82, 2.24) is 9.38 Å². The molecule has 6 heteroatoms. The topological polar surface area (TPSA) is 80.6 Å². The van der Waals surface area contributed by atoms with Crippen LogP contribution in [-0.2, 0) is 6.42 Å². The highest BCUT2D eigenvalue weighted by atomic mass is 35.5. The van der Waals surface area contributed by atoms with Crippen LogP contribution in [0.3, 0.4) is 0 Å². The molecule has 16 heavy (non-hydrogen) atoms. The minimum Gasteiger partial charge on any atom is -0.476 e. The van der Waals surface area contributed by atoms with Gasteiger partial charge in [-0.05, 0) is 18.7 Å². The summed E-state index contributed by atoms with van der Waals surface area (Å²) in [5, 5.41) is 9.49. The zero-order valence-corrected chi connectivity index (χ0v) is 9.11. The second-order valence-corrected chi connectivity index (χ2v) is 3.76. The molecule has 0 aromatic carbocycles. The number of halogens is 1. The molecule has 84 valence electrons. The molecule has 0 spiro atoms. The summed E-state index contributed by atoms with van der Waals surface area (Å²) in [6.45, 7) is 0.417. The van der Waals surface area contributed by atoms with Gasteiger partial charge < -0.3 is 15.2 Å². The number of hydrogen-bond donors (Lipinski definition) is 2. The van der Waals surface area contributed by atoms with E-state index in [1.807, 2.05) is 0 Å². The van der Waals surface area contributed by atoms with E-state index in [9.17, 15) is 4.79 Å². The number of fused-ring (bicyclic) bond motifs is 1. The van der Waals surface area contributed by atoms with Crippen molar-refractivity contribution in [3.05, 3.63) is 34.9 Å². The molecular weight excluding hydrogens is 230 g/mol. The first-order chi connectivity index (χ1) is 7.63. The predicted octanol–water partition coefficient (Wildman–Crippen LogP) is 1.19. The monoisotopic (exact) mass is 239 g/mol. The molecule has 3 N–H and O–H groups in total. The number of nitrogens with two attached hydrogens (primary N) is 1. The van der Waals surface area contributed by atoms with Crippen molar-refractivity contribution in [2.24, 2.45) is 5.73 Å². The average molecular weight is 240 g/mol. The van der Waals surface area contributed by atoms with Crippen molar-refractivity contribution in [2.75, 3.05) is 6.54 Å². The maximum Gasteiger partial charge on any atom is 0.356 e. The molecule has 2 rings (SSSR count). The molecule has 0 aliphatic rings. The third-order valence-electron chi connectivity index (χ3n) is 2.25. The van der Waals surface area contributed by atoms with Crippen molar-refractivity contribution in [3.8, 4) is 0 Å². The van der Waals surface area contributed by atoms with Crippen LogP contribution < -0.4 is 5.73 Å². The van der Waals surface area contributed by atoms with Gasteiger partial charge in [0.2, 0.25) is 0 Å². The Morgan fingerprint density at radius 3 is 3.00 bits per heavy atom. The van der Waals surface area contributed by atoms with Gasteiger partial charge in [-0.2, -0.15) is 0 Å². The van der Waals surface area contributed by atoms with E-state index in [4.69, 9.17) is 22.4 Å². The van der Waals surface area contributed by atoms with Crippen molar-refractivity contribution < 1.29 is 9.90 Å². The molecule has 0 saturated carbocycles. The van der Waals surface area contributed by atoms with Gasteiger partial charge in [-0.15, -0.1) is 0 Å². The number of imidazole rings is 1. The zero-order chi connectivity index (χ0) is 11.7. The number of aromatic nitrogens is 2. The summed E-state index contributed by atoms with van der Waals surface area (Å²) in [5.41, 5.74) is 5.93. The lowest BCUT2D eigenvalue weighted by Crippen LogP contribution is -2.06. The quantitative estimate of drug-likeness (QED) is 0.843. The number of pyridine rings is 1. The highest BCUT2D eigenvalue weighted by Gasteiger charge is 2.16. The van der Waals surface area contributed by atoms with E-state index in [0.717, 1.165) is 0 Å². The van der Waals surface area contributed by atoms with Gasteiger partial charge in [-0.3, -0.25) is 0 Å². The summed E-state index contributed by atoms with van der Waals surface area (Å²) in [5.74, 6) is -0.436. The summed E-state index contributed by atoms with van der Waals surface area (Å²) >= 11 is 5.82. The van der Waals surface area contributed by atoms with E-state index in [0.29, 0.717) is 29.3 Å². The molecule has 0 fully saturated rings. The lowest BCUT2D eigenvalue weighted by Gasteiger charge is -1.99. The molecule has 0 saturated heterocycles. The van der Waals surface area contributed by atoms with Crippen molar-refractivity contribution >= 4 is 23.1 Å². The first-order valence-corrected chi connectivity index (χ1v) is 5.11. The molecule has 0 aliphatic carbocycles. The molecule has 0 radical (unpaired) electrons. The summed E-state index contributed by atoms with van der Waals surface area (Å²) < 4.78 is 1.70. The van der Waals surface area contributed by atoms with Gasteiger partial charge in [0.1, 0.15) is 5.82 Å². The number of carboxylic acid groups (broad SMARTS) is 1. The SMILES string of the molecule is NCCc1nc(C(=O)O)c2cc(Cl)ccn12. The van der Waals surface area contributed by atoms with Crippen LogP contribution in [0.5, 0.6) is 0 Å². The Labute approximate surface area is 96.5 Å². The van der Waals surface area contributed by atoms with Crippen LogP contribution in [0.25, 0.3) is 5.52 Å². The summed E-state index contributed by atoms with van der Waals surface area (Å²) in [7, 11) is 0. The molecular formula is C10H10ClN3O2. The smallest absolute Gasteiger partial charge is 0.356 e. The minimum absolute atomic E-state index is 0.00551. The number of carbonyl (C=O) groups is 1. The van der Waals surface area contributed by atoms with E-state index < -0.39 is 5.97 Å². The Bertz CT molecular complexity index is 550. The van der Waals surface area contributed by atoms with Crippen LogP contribution in [-0.4, -0.2) is 27.0 Å². The average Bonchev–Trinajstić information content (AvgIpc) is 2.57. The van der Waals surface area contributed by atoms with Crippen LogP contribution in [0.2, 0.25) is 5.02 Å². The molecule has 0 aliphatic heterocycles. The summed E-state index contributed by atoms with van der Waals surface area (Å²) in [6, 6.07) is 3.26. The van der Waals surface area contributed by atoms with E-state index in [-0.39, 0.29) is 5.69 Å². The highest BCUT2D eigenvalue weighted by Crippen LogP contribution is 2.18. The van der Waals surface area contributed by atoms with E-state index in [2.05, 4.69) is 4.98 Å². The number of aromatic carboxylic acids is 1. The van der Waals surface area contributed by atoms with Gasteiger partial charge in [-0.25, -0.2) is 9.78 Å². The normalized spacial score (nSPS) is 10.9. The third-order valence-corrected chi connectivity index (χ3v) is 2.48. The minimum atomic E-state index is -1.07. The van der Waals surface area contributed by atoms with E-state index in [1.54, 1.807) is 22.7 Å². The molecule has 0 atom stereocenters. The van der Waals surface area contributed by atoms with Crippen molar-refractivity contribution in [1.29, 1.82) is 0 Å². The largest absolute Gasteiger partial charge is 0.476 e. The Morgan fingerprint density at radius 1 is 1.62 bits per heavy atom. The summed E-state index contributed by atoms with van der Waals surface area (Å²) in [6.07, 6.45) is 2.22. The first-order valence-electron chi connectivity index (χ1n) is 4.73. The van der Waals surface area contributed by atoms with Gasteiger partial charge in [0.25, 0.3) is 0 Å². The van der Waals surface area contributed by atoms with Crippen molar-refractivity contribution in [3.63, 3.8) is 0 Å². The fourth-order valence-corrected chi connectivity index (χ4v) is 1.74. The number of rotatable bonds is 3. The van der Waals surface area contributed by atoms with Crippen LogP contribution in [0.1, 0.15) is 16.3 Å². The third kappa shape index (κ3) is 1.75.